The fourth-order valence-electron chi connectivity index (χ4n) is 7.41. The summed E-state index contributed by atoms with van der Waals surface area (Å²) in [6.45, 7) is 2.06. The number of nitrogens with zero attached hydrogens (tertiary/aromatic N) is 4. The number of hydrogen-bond donors (Lipinski definition) is 0. The molecule has 61 heavy (non-hydrogen) atoms. The lowest BCUT2D eigenvalue weighted by atomic mass is 10.0. The van der Waals surface area contributed by atoms with Crippen LogP contribution in [-0.4, -0.2) is 66.3 Å². The van der Waals surface area contributed by atoms with Crippen LogP contribution in [0.25, 0.3) is 10.4 Å². The van der Waals surface area contributed by atoms with Gasteiger partial charge in [0, 0.05) is 4.91 Å². The minimum absolute atomic E-state index is 0.0389. The minimum Gasteiger partial charge on any atom is -0.460 e. The Bertz CT molecular complexity index is 2200. The average molecular weight is 847 g/mol. The fraction of sp³-hybridized carbons (Fsp3) is 0.340. The van der Waals surface area contributed by atoms with Gasteiger partial charge < -0.3 is 28.0 Å². The molecule has 2 unspecified atom stereocenters. The highest BCUT2D eigenvalue weighted by atomic mass is 31.2. The summed E-state index contributed by atoms with van der Waals surface area (Å²) < 4.78 is 52.5. The number of azide groups is 1. The second kappa shape index (κ2) is 21.6. The van der Waals surface area contributed by atoms with Crippen molar-refractivity contribution in [2.75, 3.05) is 19.4 Å². The first-order chi connectivity index (χ1) is 29.8. The van der Waals surface area contributed by atoms with Crippen LogP contribution in [0.2, 0.25) is 0 Å². The molecule has 0 saturated carbocycles. The van der Waals surface area contributed by atoms with Crippen molar-refractivity contribution in [3.8, 4) is 0 Å². The van der Waals surface area contributed by atoms with E-state index in [0.717, 1.165) is 27.8 Å². The molecule has 13 nitrogen and oxygen atoms in total. The van der Waals surface area contributed by atoms with Crippen molar-refractivity contribution >= 4 is 13.6 Å². The van der Waals surface area contributed by atoms with Gasteiger partial charge in [-0.3, -0.25) is 14.2 Å². The van der Waals surface area contributed by atoms with Gasteiger partial charge in [-0.1, -0.05) is 157 Å². The van der Waals surface area contributed by atoms with Crippen molar-refractivity contribution in [3.63, 3.8) is 0 Å². The van der Waals surface area contributed by atoms with Crippen LogP contribution in [0.3, 0.4) is 0 Å². The number of ether oxygens (including phenoxy) is 4. The third-order valence-electron chi connectivity index (χ3n) is 10.6. The Morgan fingerprint density at radius 3 is 1.70 bits per heavy atom. The van der Waals surface area contributed by atoms with E-state index in [0.29, 0.717) is 26.2 Å². The van der Waals surface area contributed by atoms with E-state index in [-0.39, 0.29) is 32.0 Å². The summed E-state index contributed by atoms with van der Waals surface area (Å²) >= 11 is 0. The van der Waals surface area contributed by atoms with E-state index >= 15 is 0 Å². The molecule has 2 aliphatic rings. The Balaban J connectivity index is 1.12. The van der Waals surface area contributed by atoms with Gasteiger partial charge in [0.1, 0.15) is 18.8 Å². The molecule has 0 N–H and O–H groups in total. The van der Waals surface area contributed by atoms with Gasteiger partial charge >= 0.3 is 13.6 Å². The van der Waals surface area contributed by atoms with Crippen LogP contribution in [-0.2, 0) is 75.2 Å². The molecular weight excluding hydrogens is 796 g/mol. The lowest BCUT2D eigenvalue weighted by molar-refractivity contribution is -0.192. The Labute approximate surface area is 356 Å². The maximum absolute atomic E-state index is 14.9. The van der Waals surface area contributed by atoms with Crippen LogP contribution in [0.5, 0.6) is 0 Å². The van der Waals surface area contributed by atoms with Crippen LogP contribution in [0, 0.1) is 0 Å². The van der Waals surface area contributed by atoms with Gasteiger partial charge in [0.2, 0.25) is 0 Å². The zero-order valence-electron chi connectivity index (χ0n) is 34.1. The van der Waals surface area contributed by atoms with Crippen LogP contribution < -0.4 is 0 Å². The topological polar surface area (TPSA) is 151 Å². The van der Waals surface area contributed by atoms with Gasteiger partial charge in [-0.05, 0) is 46.7 Å². The zero-order valence-corrected chi connectivity index (χ0v) is 35.0. The van der Waals surface area contributed by atoms with Crippen molar-refractivity contribution in [3.05, 3.63) is 190 Å². The van der Waals surface area contributed by atoms with E-state index in [9.17, 15) is 14.9 Å². The number of benzene rings is 5. The summed E-state index contributed by atoms with van der Waals surface area (Å²) in [5, 5.41) is 5.63. The van der Waals surface area contributed by atoms with Crippen molar-refractivity contribution in [1.29, 1.82) is 0 Å². The molecule has 7 rings (SSSR count). The van der Waals surface area contributed by atoms with E-state index < -0.39 is 50.1 Å². The summed E-state index contributed by atoms with van der Waals surface area (Å²) in [5.41, 5.74) is 12.2. The molecule has 2 aliphatic heterocycles. The molecule has 318 valence electrons. The molecule has 7 atom stereocenters. The summed E-state index contributed by atoms with van der Waals surface area (Å²) in [7, 11) is -4.09. The molecule has 2 heterocycles. The van der Waals surface area contributed by atoms with Gasteiger partial charge in [-0.15, -0.1) is 0 Å². The average Bonchev–Trinajstić information content (AvgIpc) is 3.82. The number of esters is 1. The molecule has 0 spiro atoms. The number of hydroxylamine groups is 2. The van der Waals surface area contributed by atoms with Gasteiger partial charge in [0.15, 0.2) is 5.54 Å². The normalized spacial score (nSPS) is 21.8. The molecule has 5 aromatic carbocycles. The number of rotatable bonds is 22. The van der Waals surface area contributed by atoms with E-state index in [1.54, 1.807) is 0 Å². The Hall–Kier alpha value is -5.17. The Morgan fingerprint density at radius 2 is 1.18 bits per heavy atom. The zero-order chi connectivity index (χ0) is 42.3. The molecule has 0 aromatic heterocycles. The number of carbonyl (C=O) groups excluding carboxylic acids is 1. The highest BCUT2D eigenvalue weighted by Crippen LogP contribution is 2.53. The lowest BCUT2D eigenvalue weighted by Gasteiger charge is -2.30. The van der Waals surface area contributed by atoms with Gasteiger partial charge in [-0.2, -0.15) is 5.06 Å². The molecule has 0 amide bonds. The maximum atomic E-state index is 14.9. The summed E-state index contributed by atoms with van der Waals surface area (Å²) in [5.74, 6) is -0.834. The molecule has 2 fully saturated rings. The molecular formula is C47H51N4O9P. The van der Waals surface area contributed by atoms with E-state index in [4.69, 9.17) is 32.8 Å². The number of carbonyl (C=O) groups is 1. The number of hydrogen-bond acceptors (Lipinski definition) is 11. The molecule has 14 heteroatoms. The maximum Gasteiger partial charge on any atom is 0.333 e. The molecule has 0 bridgehead atoms. The summed E-state index contributed by atoms with van der Waals surface area (Å²) in [6.07, 6.45) is -1.34. The second-order valence-corrected chi connectivity index (χ2v) is 17.4. The van der Waals surface area contributed by atoms with E-state index in [1.165, 1.54) is 6.92 Å². The fourth-order valence-corrected chi connectivity index (χ4v) is 9.21. The van der Waals surface area contributed by atoms with Gasteiger partial charge in [0.25, 0.3) is 0 Å². The quantitative estimate of drug-likeness (QED) is 0.0217. The van der Waals surface area contributed by atoms with Gasteiger partial charge in [-0.25, -0.2) is 0 Å². The van der Waals surface area contributed by atoms with E-state index in [2.05, 4.69) is 10.0 Å². The minimum atomic E-state index is -4.09. The SMILES string of the molecule is CC(COP(=O)(C[C@H]1C[C@@H]2[C@@H](OCc3ccccc3)[C@H](OCc3ccccc3)[C@@H](COCc3ccccc3)N2O1)OCc1ccccc1)(N=[N+]=[N-])C(=O)OCc1ccccc1. The Morgan fingerprint density at radius 1 is 0.705 bits per heavy atom. The summed E-state index contributed by atoms with van der Waals surface area (Å²) in [4.78, 5) is 23.0. The molecule has 0 radical (unpaired) electrons. The molecule has 5 aromatic rings. The largest absolute Gasteiger partial charge is 0.460 e. The van der Waals surface area contributed by atoms with Crippen LogP contribution in [0.4, 0.5) is 0 Å². The first-order valence-corrected chi connectivity index (χ1v) is 22.1. The predicted molar refractivity (Wildman–Crippen MR) is 228 cm³/mol. The van der Waals surface area contributed by atoms with Crippen LogP contribution in [0.1, 0.15) is 41.2 Å². The first kappa shape index (κ1) is 43.9. The van der Waals surface area contributed by atoms with Crippen molar-refractivity contribution in [2.45, 2.75) is 82.3 Å². The monoisotopic (exact) mass is 846 g/mol. The second-order valence-electron chi connectivity index (χ2n) is 15.3. The Kier molecular flexibility index (Phi) is 15.5. The van der Waals surface area contributed by atoms with Crippen molar-refractivity contribution in [2.24, 2.45) is 5.11 Å². The van der Waals surface area contributed by atoms with Crippen molar-refractivity contribution in [1.82, 2.24) is 5.06 Å². The highest BCUT2D eigenvalue weighted by molar-refractivity contribution is 7.53. The highest BCUT2D eigenvalue weighted by Gasteiger charge is 2.57. The smallest absolute Gasteiger partial charge is 0.333 e. The van der Waals surface area contributed by atoms with E-state index in [1.807, 2.05) is 157 Å². The third kappa shape index (κ3) is 12.2. The summed E-state index contributed by atoms with van der Waals surface area (Å²) in [6, 6.07) is 47.5. The third-order valence-corrected chi connectivity index (χ3v) is 12.5. The lowest BCUT2D eigenvalue weighted by Crippen LogP contribution is -2.42. The molecule has 0 aliphatic carbocycles. The standard InChI is InChI=1S/C47H51N4O9P/c1-47(49-50-48,46(52)57-31-39-23-13-5-14-24-39)35-59-61(53,58-32-40-25-15-6-16-26-40)34-41-27-42-44(55-29-37-19-9-3-10-20-37)45(56-30-38-21-11-4-12-22-38)43(51(42)60-41)33-54-28-36-17-7-2-8-18-36/h2-26,41-45H,27-35H2,1H3/t41-,42-,43-,44-,45-,47?,61?/m1/s1. The first-order valence-electron chi connectivity index (χ1n) is 20.4. The number of fused-ring (bicyclic) bond motifs is 1. The van der Waals surface area contributed by atoms with Crippen LogP contribution in [0.15, 0.2) is 157 Å². The van der Waals surface area contributed by atoms with Crippen molar-refractivity contribution < 1.29 is 42.2 Å². The van der Waals surface area contributed by atoms with Gasteiger partial charge in [0.05, 0.1) is 64.0 Å². The predicted octanol–water partition coefficient (Wildman–Crippen LogP) is 9.37. The van der Waals surface area contributed by atoms with Crippen LogP contribution >= 0.6 is 7.60 Å². The molecule has 2 saturated heterocycles.